The van der Waals surface area contributed by atoms with Crippen LogP contribution in [0.4, 0.5) is 11.4 Å². The van der Waals surface area contributed by atoms with Crippen LogP contribution >= 0.6 is 70.1 Å². The van der Waals surface area contributed by atoms with Gasteiger partial charge in [0.15, 0.2) is 25.8 Å². The quantitative estimate of drug-likeness (QED) is 0.0204. The highest BCUT2D eigenvalue weighted by Gasteiger charge is 2.37. The summed E-state index contributed by atoms with van der Waals surface area (Å²) in [6, 6.07) is 41.3. The first-order chi connectivity index (χ1) is 60.1. The molecule has 5 aliphatic heterocycles. The zero-order valence-electron chi connectivity index (χ0n) is 68.2. The van der Waals surface area contributed by atoms with Crippen molar-refractivity contribution >= 4 is 227 Å². The second kappa shape index (κ2) is 46.5. The number of aryl methyl sites for hydroxylation is 1. The third kappa shape index (κ3) is 27.6. The molecule has 16 rings (SSSR count). The van der Waals surface area contributed by atoms with Crippen molar-refractivity contribution in [3.05, 3.63) is 149 Å². The molecular weight excluding hydrogens is 1700 g/mol. The number of nitrogens with one attached hydrogen (secondary N) is 7. The van der Waals surface area contributed by atoms with Gasteiger partial charge in [0.25, 0.3) is 0 Å². The molecule has 0 radical (unpaired) electrons. The molecule has 8 fully saturated rings. The summed E-state index contributed by atoms with van der Waals surface area (Å²) >= 11 is 7.53. The van der Waals surface area contributed by atoms with Crippen molar-refractivity contribution < 1.29 is 68.0 Å². The number of amides is 7. The van der Waals surface area contributed by atoms with Crippen LogP contribution in [0.1, 0.15) is 184 Å². The molecule has 5 saturated heterocycles. The average molecular weight is 1800 g/mol. The number of benzene rings is 6. The predicted molar refractivity (Wildman–Crippen MR) is 498 cm³/mol. The van der Waals surface area contributed by atoms with Crippen molar-refractivity contribution in [1.29, 1.82) is 0 Å². The maximum atomic E-state index is 12.5. The number of thiophene rings is 1. The van der Waals surface area contributed by atoms with E-state index in [4.69, 9.17) is 20.1 Å². The van der Waals surface area contributed by atoms with Crippen LogP contribution < -0.4 is 42.0 Å². The van der Waals surface area contributed by atoms with E-state index >= 15 is 0 Å². The second-order valence-electron chi connectivity index (χ2n) is 29.9. The summed E-state index contributed by atoms with van der Waals surface area (Å²) in [5.41, 5.74) is 9.59. The molecule has 9 aliphatic rings. The highest BCUT2D eigenvalue weighted by atomic mass is 32.2. The van der Waals surface area contributed by atoms with Gasteiger partial charge in [-0.05, 0) is 150 Å². The number of carboxylic acids is 3. The van der Waals surface area contributed by atoms with Gasteiger partial charge in [-0.25, -0.2) is 0 Å². The lowest BCUT2D eigenvalue weighted by Crippen LogP contribution is -2.28. The normalized spacial score (nSPS) is 22.1. The highest BCUT2D eigenvalue weighted by molar-refractivity contribution is 8.16. The average Bonchev–Trinajstić information content (AvgIpc) is 1.68. The Morgan fingerprint density at radius 3 is 1.18 bits per heavy atom. The van der Waals surface area contributed by atoms with Gasteiger partial charge in [0.2, 0.25) is 41.4 Å². The fourth-order valence-electron chi connectivity index (χ4n) is 14.3. The fraction of sp³-hybridized carbons (Fsp3) is 0.379. The number of thioether (sulfide) groups is 5. The van der Waals surface area contributed by atoms with Gasteiger partial charge in [-0.1, -0.05) is 194 Å². The summed E-state index contributed by atoms with van der Waals surface area (Å²) in [6.07, 6.45) is 22.6. The number of fused-ring (bicyclic) bond motifs is 4. The van der Waals surface area contributed by atoms with Gasteiger partial charge >= 0.3 is 17.9 Å². The van der Waals surface area contributed by atoms with E-state index in [1.54, 1.807) is 18.4 Å². The van der Waals surface area contributed by atoms with Crippen molar-refractivity contribution in [1.82, 2.24) is 26.6 Å². The molecule has 6 aromatic carbocycles. The predicted octanol–water partition coefficient (Wildman–Crippen LogP) is 15.2. The third-order valence-corrected chi connectivity index (χ3v) is 27.0. The van der Waals surface area contributed by atoms with E-state index < -0.39 is 44.2 Å². The smallest absolute Gasteiger partial charge is 0.305 e. The second-order valence-corrected chi connectivity index (χ2v) is 36.7. The first-order valence-electron chi connectivity index (χ1n) is 41.0. The number of carbonyl (C=O) groups is 10. The van der Waals surface area contributed by atoms with Crippen molar-refractivity contribution in [2.45, 2.75) is 200 Å². The molecule has 5 atom stereocenters. The van der Waals surface area contributed by atoms with Crippen LogP contribution in [0.3, 0.4) is 0 Å². The minimum atomic E-state index is -1.01. The molecule has 124 heavy (non-hydrogen) atoms. The van der Waals surface area contributed by atoms with E-state index in [1.165, 1.54) is 72.3 Å². The zero-order valence-corrected chi connectivity index (χ0v) is 73.1. The Balaban J connectivity index is 0.000000142. The number of methoxy groups -OCH3 is 1. The number of nitrogens with zero attached hydrogens (tertiary/aromatic N) is 10. The molecule has 7 aromatic rings. The van der Waals surface area contributed by atoms with Crippen LogP contribution in [-0.4, -0.2) is 162 Å². The number of amidine groups is 5. The molecule has 3 saturated carbocycles. The summed E-state index contributed by atoms with van der Waals surface area (Å²) < 4.78 is 6.44. The monoisotopic (exact) mass is 1790 g/mol. The highest BCUT2D eigenvalue weighted by Crippen LogP contribution is 2.34. The van der Waals surface area contributed by atoms with Crippen LogP contribution in [0.25, 0.3) is 31.6 Å². The number of rotatable bonds is 19. The summed E-state index contributed by atoms with van der Waals surface area (Å²) in [7, 11) is 1.62. The lowest BCUT2D eigenvalue weighted by Gasteiger charge is -2.17. The lowest BCUT2D eigenvalue weighted by atomic mass is 9.90. The molecule has 0 bridgehead atoms. The number of anilines is 2. The van der Waals surface area contributed by atoms with Crippen LogP contribution in [0, 0.1) is 0 Å². The van der Waals surface area contributed by atoms with Crippen LogP contribution in [0.15, 0.2) is 184 Å². The SMILES string of the molecule is C/C(=N\N=C1/NC(=O)C(CC(=O)O)S1)c1csc2ccccc12.COc1ccc2c(c1)/C(=N\N=C1\NC(=O)C(CC(=O)O)S1)CCC2.O=C(CC1S/C(=N/N=C2CCCCCC2)NC1=O)Nc1cccc2ccccc12.O=C(CC1S/C(=N\N=C2CCCCC2)NC1=O)Nc1cccc2ccccc12.O=C(O)CC1S/C(=N/N=C2CCCCCCC2)NC1=O. The molecule has 1 aromatic heterocycles. The van der Waals surface area contributed by atoms with Gasteiger partial charge in [-0.15, -0.1) is 36.8 Å². The summed E-state index contributed by atoms with van der Waals surface area (Å²) in [6.45, 7) is 1.86. The standard InChI is InChI=1S/C22H24N4O2S.C21H22N4O2S.C16H17N3O4S.C15H13N3O3S2.C13H19N3O3S/c27-20(23-18-13-7-9-15-8-5-6-12-17(15)18)14-19-21(28)24-22(29-19)26-25-16-10-3-1-2-4-11-16;26-19(22-17-12-6-8-14-7-4-5-11-16(14)17)13-18-20(27)23-21(28-18)25-24-15-9-2-1-3-10-15;1-23-10-6-5-9-3-2-4-12(11(9)7-10)18-19-16-17-15(22)13(24-16)8-14(20)21;1-8(10-7-22-11-5-3-2-4-9(10)11)17-18-15-16-14(21)12(23-15)6-13(19)20;17-11(18)8-10-12(19)14-13(20-10)16-15-9-6-4-2-1-3-5-7-9/h5-9,12-13,19H,1-4,10-11,14H2,(H,23,27)(H,24,26,28);4-8,11-12,18H,1-3,9-10,13H2,(H,22,26)(H,23,25,27);5-7,13H,2-4,8H2,1H3,(H,20,21)(H,17,19,22);2-5,7,12H,6H2,1H3,(H,19,20)(H,16,18,21);10H,1-8H2,(H,17,18)(H,14,16,19)/b;;18-12-;17-8+;. The largest absolute Gasteiger partial charge is 0.497 e. The van der Waals surface area contributed by atoms with Gasteiger partial charge in [0.1, 0.15) is 32.0 Å². The molecule has 4 aliphatic carbocycles. The molecule has 0 spiro atoms. The van der Waals surface area contributed by atoms with E-state index in [-0.39, 0.29) is 73.5 Å². The fourth-order valence-corrected chi connectivity index (χ4v) is 19.8. The van der Waals surface area contributed by atoms with Crippen molar-refractivity contribution in [3.63, 3.8) is 0 Å². The van der Waals surface area contributed by atoms with E-state index in [0.29, 0.717) is 25.8 Å². The van der Waals surface area contributed by atoms with Crippen molar-refractivity contribution in [2.75, 3.05) is 17.7 Å². The first kappa shape index (κ1) is 91.9. The number of hydrogen-bond acceptors (Lipinski definition) is 27. The van der Waals surface area contributed by atoms with Crippen LogP contribution in [0.5, 0.6) is 5.75 Å². The van der Waals surface area contributed by atoms with E-state index in [1.807, 2.05) is 140 Å². The third-order valence-electron chi connectivity index (χ3n) is 20.6. The Bertz CT molecular complexity index is 5470. The maximum Gasteiger partial charge on any atom is 0.305 e. The summed E-state index contributed by atoms with van der Waals surface area (Å²) in [5, 5.41) is 93.7. The van der Waals surface area contributed by atoms with Crippen molar-refractivity contribution in [2.24, 2.45) is 51.0 Å². The molecule has 5 unspecified atom stereocenters. The summed E-state index contributed by atoms with van der Waals surface area (Å²) in [5.74, 6) is -3.98. The van der Waals surface area contributed by atoms with Gasteiger partial charge in [0.05, 0.1) is 37.8 Å². The maximum absolute atomic E-state index is 12.5. The van der Waals surface area contributed by atoms with E-state index in [0.717, 1.165) is 215 Å². The minimum absolute atomic E-state index is 0.0926. The molecule has 7 amide bonds. The molecular formula is C87H95N17O14S6. The van der Waals surface area contributed by atoms with E-state index in [9.17, 15) is 47.9 Å². The molecule has 648 valence electrons. The lowest BCUT2D eigenvalue weighted by molar-refractivity contribution is -0.138. The topological polar surface area (TPSA) is 448 Å². The zero-order chi connectivity index (χ0) is 87.3. The Morgan fingerprint density at radius 2 is 0.758 bits per heavy atom. The number of aliphatic carboxylic acids is 3. The molecule has 31 nitrogen and oxygen atoms in total. The van der Waals surface area contributed by atoms with Crippen LogP contribution in [-0.2, 0) is 54.4 Å². The number of carboxylic acid groups (broad SMARTS) is 3. The number of ether oxygens (including phenoxy) is 1. The Labute approximate surface area is 740 Å². The molecule has 37 heteroatoms. The minimum Gasteiger partial charge on any atom is -0.497 e. The number of hydrogen-bond donors (Lipinski definition) is 10. The Kier molecular flexibility index (Phi) is 34.5. The summed E-state index contributed by atoms with van der Waals surface area (Å²) in [4.78, 5) is 116. The van der Waals surface area contributed by atoms with Gasteiger partial charge < -0.3 is 57.3 Å². The van der Waals surface area contributed by atoms with E-state index in [2.05, 4.69) is 88.2 Å². The first-order valence-corrected chi connectivity index (χ1v) is 46.3. The van der Waals surface area contributed by atoms with Crippen molar-refractivity contribution in [3.8, 4) is 5.75 Å². The van der Waals surface area contributed by atoms with Gasteiger partial charge in [0, 0.05) is 78.7 Å². The Morgan fingerprint density at radius 1 is 0.395 bits per heavy atom. The molecule has 10 N–H and O–H groups in total. The molecule has 6 heterocycles. The number of carbonyl (C=O) groups excluding carboxylic acids is 7. The van der Waals surface area contributed by atoms with Crippen LogP contribution in [0.2, 0.25) is 0 Å². The van der Waals surface area contributed by atoms with Gasteiger partial charge in [-0.2, -0.15) is 25.5 Å². The van der Waals surface area contributed by atoms with Gasteiger partial charge in [-0.3, -0.25) is 47.9 Å². The Hall–Kier alpha value is -11.3.